The van der Waals surface area contributed by atoms with Crippen molar-refractivity contribution in [3.63, 3.8) is 0 Å². The van der Waals surface area contributed by atoms with Gasteiger partial charge in [-0.1, -0.05) is 31.2 Å². The third-order valence-corrected chi connectivity index (χ3v) is 4.24. The van der Waals surface area contributed by atoms with Crippen LogP contribution in [0.5, 0.6) is 5.75 Å². The third kappa shape index (κ3) is 3.71. The lowest BCUT2D eigenvalue weighted by Crippen LogP contribution is -2.29. The predicted molar refractivity (Wildman–Crippen MR) is 88.8 cm³/mol. The number of ether oxygens (including phenoxy) is 1. The van der Waals surface area contributed by atoms with Gasteiger partial charge in [0.05, 0.1) is 6.04 Å². The summed E-state index contributed by atoms with van der Waals surface area (Å²) in [5, 5.41) is 0. The molecule has 1 aliphatic heterocycles. The average Bonchev–Trinajstić information content (AvgIpc) is 2.90. The van der Waals surface area contributed by atoms with Crippen LogP contribution >= 0.6 is 0 Å². The number of Topliss-reactive ketones (excluding diaryl/α,β-unsaturated/α-hetero) is 1. The number of nitrogens with zero attached hydrogens (tertiary/aromatic N) is 1. The van der Waals surface area contributed by atoms with E-state index in [0.717, 1.165) is 29.7 Å². The van der Waals surface area contributed by atoms with Gasteiger partial charge in [-0.15, -0.1) is 13.2 Å². The number of hydrogen-bond donors (Lipinski definition) is 0. The summed E-state index contributed by atoms with van der Waals surface area (Å²) in [5.74, 6) is -1.57. The van der Waals surface area contributed by atoms with Crippen LogP contribution in [0, 0.1) is 0 Å². The molecule has 1 saturated heterocycles. The van der Waals surface area contributed by atoms with Gasteiger partial charge in [-0.05, 0) is 41.8 Å². The summed E-state index contributed by atoms with van der Waals surface area (Å²) in [5.41, 5.74) is 2.24. The minimum Gasteiger partial charge on any atom is -0.406 e. The molecular weight excluding hydrogens is 347 g/mol. The zero-order chi connectivity index (χ0) is 18.9. The molecule has 0 spiro atoms. The number of anilines is 1. The van der Waals surface area contributed by atoms with Crippen molar-refractivity contribution in [2.75, 3.05) is 4.90 Å². The molecule has 1 aliphatic rings. The van der Waals surface area contributed by atoms with E-state index >= 15 is 0 Å². The van der Waals surface area contributed by atoms with Gasteiger partial charge in [0.2, 0.25) is 5.78 Å². The van der Waals surface area contributed by atoms with E-state index in [4.69, 9.17) is 0 Å². The third-order valence-electron chi connectivity index (χ3n) is 4.24. The van der Waals surface area contributed by atoms with Crippen LogP contribution in [-0.4, -0.2) is 18.1 Å². The number of rotatable bonds is 4. The number of halogens is 3. The molecule has 4 nitrogen and oxygen atoms in total. The molecule has 1 atom stereocenters. The van der Waals surface area contributed by atoms with Gasteiger partial charge in [0, 0.05) is 12.1 Å². The number of amides is 1. The number of ketones is 1. The monoisotopic (exact) mass is 363 g/mol. The molecule has 0 aromatic heterocycles. The zero-order valence-electron chi connectivity index (χ0n) is 13.9. The smallest absolute Gasteiger partial charge is 0.406 e. The fraction of sp³-hybridized carbons (Fsp3) is 0.263. The Hall–Kier alpha value is -2.83. The first-order chi connectivity index (χ1) is 12.3. The van der Waals surface area contributed by atoms with Gasteiger partial charge in [0.25, 0.3) is 5.91 Å². The van der Waals surface area contributed by atoms with Crippen LogP contribution in [-0.2, 0) is 16.0 Å². The van der Waals surface area contributed by atoms with E-state index in [9.17, 15) is 22.8 Å². The van der Waals surface area contributed by atoms with Crippen LogP contribution < -0.4 is 9.64 Å². The van der Waals surface area contributed by atoms with Crippen molar-refractivity contribution in [2.45, 2.75) is 32.2 Å². The predicted octanol–water partition coefficient (Wildman–Crippen LogP) is 4.19. The van der Waals surface area contributed by atoms with Gasteiger partial charge >= 0.3 is 6.36 Å². The molecule has 0 aliphatic carbocycles. The van der Waals surface area contributed by atoms with Crippen molar-refractivity contribution in [3.8, 4) is 5.75 Å². The Bertz CT molecular complexity index is 831. The molecule has 7 heteroatoms. The Balaban J connectivity index is 1.92. The van der Waals surface area contributed by atoms with Gasteiger partial charge in [-0.3, -0.25) is 14.5 Å². The lowest BCUT2D eigenvalue weighted by molar-refractivity contribution is -0.274. The fourth-order valence-electron chi connectivity index (χ4n) is 3.02. The normalized spacial score (nSPS) is 17.7. The van der Waals surface area contributed by atoms with Crippen LogP contribution in [0.2, 0.25) is 0 Å². The lowest BCUT2D eigenvalue weighted by atomic mass is 10.0. The second-order valence-corrected chi connectivity index (χ2v) is 5.96. The van der Waals surface area contributed by atoms with Gasteiger partial charge in [0.15, 0.2) is 0 Å². The molecule has 0 radical (unpaired) electrons. The Kier molecular flexibility index (Phi) is 4.71. The van der Waals surface area contributed by atoms with Crippen molar-refractivity contribution in [3.05, 3.63) is 59.7 Å². The summed E-state index contributed by atoms with van der Waals surface area (Å²) in [4.78, 5) is 25.6. The second-order valence-electron chi connectivity index (χ2n) is 5.96. The highest BCUT2D eigenvalue weighted by atomic mass is 19.4. The molecule has 1 amide bonds. The highest BCUT2D eigenvalue weighted by Gasteiger charge is 2.40. The summed E-state index contributed by atoms with van der Waals surface area (Å²) in [6, 6.07) is 12.0. The Morgan fingerprint density at radius 1 is 1.12 bits per heavy atom. The van der Waals surface area contributed by atoms with Crippen LogP contribution in [0.4, 0.5) is 18.9 Å². The zero-order valence-corrected chi connectivity index (χ0v) is 13.9. The van der Waals surface area contributed by atoms with E-state index in [1.165, 1.54) is 17.0 Å². The highest BCUT2D eigenvalue weighted by molar-refractivity contribution is 6.44. The van der Waals surface area contributed by atoms with E-state index in [0.29, 0.717) is 5.69 Å². The number of benzene rings is 2. The summed E-state index contributed by atoms with van der Waals surface area (Å²) in [7, 11) is 0. The van der Waals surface area contributed by atoms with Crippen LogP contribution in [0.3, 0.4) is 0 Å². The molecule has 136 valence electrons. The first-order valence-electron chi connectivity index (χ1n) is 8.09. The Morgan fingerprint density at radius 3 is 2.42 bits per heavy atom. The molecule has 2 aromatic rings. The molecule has 3 rings (SSSR count). The number of carbonyl (C=O) groups is 2. The van der Waals surface area contributed by atoms with Gasteiger partial charge in [0.1, 0.15) is 5.75 Å². The molecular formula is C19H16F3NO3. The maximum Gasteiger partial charge on any atom is 0.573 e. The van der Waals surface area contributed by atoms with Crippen molar-refractivity contribution in [1.29, 1.82) is 0 Å². The molecule has 0 saturated carbocycles. The molecule has 1 fully saturated rings. The first-order valence-corrected chi connectivity index (χ1v) is 8.09. The van der Waals surface area contributed by atoms with Crippen LogP contribution in [0.1, 0.15) is 30.5 Å². The van der Waals surface area contributed by atoms with Crippen molar-refractivity contribution < 1.29 is 27.5 Å². The molecule has 0 N–H and O–H groups in total. The minimum atomic E-state index is -4.79. The van der Waals surface area contributed by atoms with E-state index in [-0.39, 0.29) is 12.2 Å². The Labute approximate surface area is 148 Å². The standard InChI is InChI=1S/C19H16F3NO3/c1-2-12-4-3-5-13(10-12)16-11-17(24)18(25)23(16)14-6-8-15(9-7-14)26-19(20,21)22/h3-10,16H,2,11H2,1H3. The maximum atomic E-state index is 12.3. The average molecular weight is 363 g/mol. The number of carbonyl (C=O) groups excluding carboxylic acids is 2. The van der Waals surface area contributed by atoms with Crippen molar-refractivity contribution in [2.24, 2.45) is 0 Å². The van der Waals surface area contributed by atoms with Crippen LogP contribution in [0.15, 0.2) is 48.5 Å². The first kappa shape index (κ1) is 18.0. The molecule has 26 heavy (non-hydrogen) atoms. The SMILES string of the molecule is CCc1cccc(C2CC(=O)C(=O)N2c2ccc(OC(F)(F)F)cc2)c1. The summed E-state index contributed by atoms with van der Waals surface area (Å²) >= 11 is 0. The molecule has 1 heterocycles. The minimum absolute atomic E-state index is 0.0345. The van der Waals surface area contributed by atoms with Gasteiger partial charge < -0.3 is 4.74 Å². The quantitative estimate of drug-likeness (QED) is 0.765. The largest absolute Gasteiger partial charge is 0.573 e. The van der Waals surface area contributed by atoms with E-state index in [2.05, 4.69) is 4.74 Å². The molecule has 0 bridgehead atoms. The fourth-order valence-corrected chi connectivity index (χ4v) is 3.02. The van der Waals surface area contributed by atoms with E-state index in [1.54, 1.807) is 0 Å². The Morgan fingerprint density at radius 2 is 1.81 bits per heavy atom. The highest BCUT2D eigenvalue weighted by Crippen LogP contribution is 2.37. The molecule has 2 aromatic carbocycles. The summed E-state index contributed by atoms with van der Waals surface area (Å²) in [6.07, 6.45) is -3.94. The summed E-state index contributed by atoms with van der Waals surface area (Å²) < 4.78 is 40.7. The molecule has 1 unspecified atom stereocenters. The number of aryl methyl sites for hydroxylation is 1. The number of alkyl halides is 3. The van der Waals surface area contributed by atoms with Crippen molar-refractivity contribution >= 4 is 17.4 Å². The van der Waals surface area contributed by atoms with Crippen molar-refractivity contribution in [1.82, 2.24) is 0 Å². The maximum absolute atomic E-state index is 12.3. The summed E-state index contributed by atoms with van der Waals surface area (Å²) in [6.45, 7) is 2.00. The van der Waals surface area contributed by atoms with Crippen LogP contribution in [0.25, 0.3) is 0 Å². The second kappa shape index (κ2) is 6.82. The number of hydrogen-bond acceptors (Lipinski definition) is 3. The van der Waals surface area contributed by atoms with Gasteiger partial charge in [-0.2, -0.15) is 0 Å². The topological polar surface area (TPSA) is 46.6 Å². The lowest BCUT2D eigenvalue weighted by Gasteiger charge is -2.25. The van der Waals surface area contributed by atoms with E-state index in [1.807, 2.05) is 31.2 Å². The van der Waals surface area contributed by atoms with E-state index < -0.39 is 24.1 Å². The van der Waals surface area contributed by atoms with Gasteiger partial charge in [-0.25, -0.2) is 0 Å².